The molecule has 0 spiro atoms. The van der Waals surface area contributed by atoms with Crippen LogP contribution in [0.5, 0.6) is 0 Å². The van der Waals surface area contributed by atoms with Crippen LogP contribution in [0.3, 0.4) is 0 Å². The van der Waals surface area contributed by atoms with Gasteiger partial charge in [0.05, 0.1) is 0 Å². The number of aliphatic carboxylic acids is 2. The van der Waals surface area contributed by atoms with Gasteiger partial charge in [-0.2, -0.15) is 17.6 Å². The van der Waals surface area contributed by atoms with Crippen LogP contribution >= 0.6 is 23.2 Å². The largest absolute Gasteiger partial charge is 0.545 e. The first-order valence-corrected chi connectivity index (χ1v) is 4.33. The number of carbonyl (C=O) groups excluding carboxylic acids is 2. The number of carboxylic acids is 2. The van der Waals surface area contributed by atoms with Gasteiger partial charge in [-0.3, -0.25) is 0 Å². The average molecular weight is 321 g/mol. The molecule has 0 aromatic carbocycles. The summed E-state index contributed by atoms with van der Waals surface area (Å²) in [7, 11) is 0. The molecule has 2 atom stereocenters. The Kier molecular flexibility index (Phi) is 4.12. The van der Waals surface area contributed by atoms with Crippen LogP contribution in [0.2, 0.25) is 0 Å². The van der Waals surface area contributed by atoms with Crippen molar-refractivity contribution in [1.29, 1.82) is 0 Å². The molecular weight excluding hydrogens is 321 g/mol. The van der Waals surface area contributed by atoms with Gasteiger partial charge < -0.3 is 19.8 Å². The first-order chi connectivity index (χ1) is 7.64. The number of alkyl halides is 8. The van der Waals surface area contributed by atoms with Crippen molar-refractivity contribution in [3.63, 3.8) is 0 Å². The highest BCUT2D eigenvalue weighted by molar-refractivity contribution is 6.35. The lowest BCUT2D eigenvalue weighted by atomic mass is 10.0. The van der Waals surface area contributed by atoms with Crippen LogP contribution in [0.1, 0.15) is 0 Å². The lowest BCUT2D eigenvalue weighted by Crippen LogP contribution is -2.69. The Hall–Kier alpha value is -0.900. The minimum Gasteiger partial charge on any atom is -0.545 e. The molecule has 18 heavy (non-hydrogen) atoms. The Morgan fingerprint density at radius 2 is 1.17 bits per heavy atom. The second-order valence-corrected chi connectivity index (χ2v) is 3.91. The Morgan fingerprint density at radius 3 is 1.39 bits per heavy atom. The minimum atomic E-state index is -6.36. The highest BCUT2D eigenvalue weighted by Gasteiger charge is 2.78. The van der Waals surface area contributed by atoms with Crippen LogP contribution in [0.15, 0.2) is 0 Å². The zero-order valence-electron chi connectivity index (χ0n) is 7.66. The molecule has 0 aliphatic heterocycles. The van der Waals surface area contributed by atoms with E-state index in [9.17, 15) is 46.1 Å². The van der Waals surface area contributed by atoms with Crippen molar-refractivity contribution >= 4 is 35.1 Å². The molecule has 0 rings (SSSR count). The quantitative estimate of drug-likeness (QED) is 0.508. The fraction of sp³-hybridized carbons (Fsp3) is 0.667. The van der Waals surface area contributed by atoms with Crippen LogP contribution in [0, 0.1) is 0 Å². The molecule has 0 heterocycles. The van der Waals surface area contributed by atoms with E-state index in [-0.39, 0.29) is 0 Å². The zero-order valence-corrected chi connectivity index (χ0v) is 9.17. The van der Waals surface area contributed by atoms with Crippen molar-refractivity contribution in [3.05, 3.63) is 0 Å². The molecule has 4 nitrogen and oxygen atoms in total. The number of carboxylic acid groups (broad SMARTS) is 2. The zero-order chi connectivity index (χ0) is 15.2. The highest BCUT2D eigenvalue weighted by atomic mass is 35.5. The van der Waals surface area contributed by atoms with Gasteiger partial charge in [-0.15, -0.1) is 0 Å². The van der Waals surface area contributed by atoms with E-state index in [2.05, 4.69) is 23.2 Å². The highest BCUT2D eigenvalue weighted by Crippen LogP contribution is 2.54. The standard InChI is InChI=1S/C6H2Cl2F6O4/c7-3(9,1(15)16)6(13,14)5(8,12)4(10,11)2(17)18/h(H,15,16)(H,17,18)/p-2. The third-order valence-electron chi connectivity index (χ3n) is 1.70. The predicted molar refractivity (Wildman–Crippen MR) is 39.3 cm³/mol. The summed E-state index contributed by atoms with van der Waals surface area (Å²) in [6, 6.07) is 0. The van der Waals surface area contributed by atoms with E-state index in [1.807, 2.05) is 0 Å². The molecule has 2 unspecified atom stereocenters. The summed E-state index contributed by atoms with van der Waals surface area (Å²) in [5.74, 6) is -19.7. The normalized spacial score (nSPS) is 19.8. The van der Waals surface area contributed by atoms with Gasteiger partial charge in [0.1, 0.15) is 11.9 Å². The summed E-state index contributed by atoms with van der Waals surface area (Å²) in [6.45, 7) is 0. The summed E-state index contributed by atoms with van der Waals surface area (Å²) in [6.07, 6.45) is 0. The van der Waals surface area contributed by atoms with Crippen molar-refractivity contribution in [2.24, 2.45) is 0 Å². The molecule has 0 aliphatic rings. The average Bonchev–Trinajstić information content (AvgIpc) is 2.15. The van der Waals surface area contributed by atoms with Gasteiger partial charge >= 0.3 is 17.0 Å². The first kappa shape index (κ1) is 17.1. The summed E-state index contributed by atoms with van der Waals surface area (Å²) in [5.41, 5.74) is 0. The molecular formula is C6Cl2F6O4-2. The third-order valence-corrected chi connectivity index (χ3v) is 2.56. The Balaban J connectivity index is 5.89. The monoisotopic (exact) mass is 320 g/mol. The maximum absolute atomic E-state index is 13.0. The van der Waals surface area contributed by atoms with Crippen LogP contribution < -0.4 is 10.2 Å². The van der Waals surface area contributed by atoms with Gasteiger partial charge in [-0.25, -0.2) is 8.78 Å². The minimum absolute atomic E-state index is 3.49. The Morgan fingerprint density at radius 1 is 0.833 bits per heavy atom. The summed E-state index contributed by atoms with van der Waals surface area (Å²) in [5, 5.41) is 8.13. The van der Waals surface area contributed by atoms with Gasteiger partial charge in [0, 0.05) is 0 Å². The third kappa shape index (κ3) is 2.07. The van der Waals surface area contributed by atoms with Gasteiger partial charge in [0.2, 0.25) is 0 Å². The maximum atomic E-state index is 13.0. The molecule has 0 radical (unpaired) electrons. The number of halogens is 8. The molecule has 0 fully saturated rings. The van der Waals surface area contributed by atoms with E-state index in [0.717, 1.165) is 0 Å². The molecule has 0 amide bonds. The molecule has 0 N–H and O–H groups in total. The molecule has 0 aromatic rings. The summed E-state index contributed by atoms with van der Waals surface area (Å²) < 4.78 is 76.6. The number of carbonyl (C=O) groups is 2. The molecule has 0 saturated carbocycles. The van der Waals surface area contributed by atoms with Crippen LogP contribution in [-0.2, 0) is 9.59 Å². The fourth-order valence-electron chi connectivity index (χ4n) is 0.651. The van der Waals surface area contributed by atoms with Crippen LogP contribution in [-0.4, -0.2) is 34.0 Å². The smallest absolute Gasteiger partial charge is 0.354 e. The van der Waals surface area contributed by atoms with Gasteiger partial charge in [-0.05, 0) is 0 Å². The second-order valence-electron chi connectivity index (χ2n) is 2.87. The van der Waals surface area contributed by atoms with Crippen molar-refractivity contribution in [2.75, 3.05) is 0 Å². The number of rotatable bonds is 5. The maximum Gasteiger partial charge on any atom is 0.354 e. The van der Waals surface area contributed by atoms with E-state index < -0.39 is 34.0 Å². The SMILES string of the molecule is O=C([O-])C(F)(F)C(F)(Cl)C(F)(F)C(F)(Cl)C(=O)[O-]. The van der Waals surface area contributed by atoms with Crippen LogP contribution in [0.4, 0.5) is 26.3 Å². The van der Waals surface area contributed by atoms with Gasteiger partial charge in [0.25, 0.3) is 5.13 Å². The van der Waals surface area contributed by atoms with Crippen molar-refractivity contribution < 1.29 is 46.1 Å². The van der Waals surface area contributed by atoms with Crippen molar-refractivity contribution in [1.82, 2.24) is 0 Å². The summed E-state index contributed by atoms with van der Waals surface area (Å²) >= 11 is 7.95. The van der Waals surface area contributed by atoms with E-state index in [0.29, 0.717) is 0 Å². The molecule has 106 valence electrons. The molecule has 12 heteroatoms. The predicted octanol–water partition coefficient (Wildman–Crippen LogP) is -0.434. The van der Waals surface area contributed by atoms with E-state index in [1.54, 1.807) is 0 Å². The second kappa shape index (κ2) is 4.34. The van der Waals surface area contributed by atoms with Crippen molar-refractivity contribution in [2.45, 2.75) is 22.1 Å². The first-order valence-electron chi connectivity index (χ1n) is 3.58. The molecule has 0 bridgehead atoms. The van der Waals surface area contributed by atoms with Crippen molar-refractivity contribution in [3.8, 4) is 0 Å². The lowest BCUT2D eigenvalue weighted by Gasteiger charge is -2.39. The topological polar surface area (TPSA) is 80.3 Å². The van der Waals surface area contributed by atoms with Gasteiger partial charge in [0.15, 0.2) is 0 Å². The summed E-state index contributed by atoms with van der Waals surface area (Å²) in [4.78, 5) is 19.6. The van der Waals surface area contributed by atoms with E-state index >= 15 is 0 Å². The van der Waals surface area contributed by atoms with Crippen LogP contribution in [0.25, 0.3) is 0 Å². The lowest BCUT2D eigenvalue weighted by molar-refractivity contribution is -0.354. The number of hydrogen-bond donors (Lipinski definition) is 0. The Labute approximate surface area is 104 Å². The molecule has 0 aliphatic carbocycles. The van der Waals surface area contributed by atoms with Gasteiger partial charge in [-0.1, -0.05) is 23.2 Å². The molecule has 0 saturated heterocycles. The molecule has 0 aromatic heterocycles. The van der Waals surface area contributed by atoms with E-state index in [1.165, 1.54) is 0 Å². The Bertz CT molecular complexity index is 346. The van der Waals surface area contributed by atoms with E-state index in [4.69, 9.17) is 0 Å². The number of hydrogen-bond acceptors (Lipinski definition) is 4. The fourth-order valence-corrected chi connectivity index (χ4v) is 1.04.